The molecule has 0 aliphatic carbocycles. The molecule has 0 radical (unpaired) electrons. The van der Waals surface area contributed by atoms with Crippen molar-refractivity contribution in [3.63, 3.8) is 0 Å². The van der Waals surface area contributed by atoms with E-state index in [1.165, 1.54) is 0 Å². The molecule has 0 spiro atoms. The lowest BCUT2D eigenvalue weighted by Crippen LogP contribution is -2.25. The van der Waals surface area contributed by atoms with Gasteiger partial charge in [0.25, 0.3) is 0 Å². The van der Waals surface area contributed by atoms with Gasteiger partial charge in [0.1, 0.15) is 0 Å². The van der Waals surface area contributed by atoms with Gasteiger partial charge in [-0.3, -0.25) is 9.59 Å². The number of nitrogens with one attached hydrogen (secondary N) is 1. The summed E-state index contributed by atoms with van der Waals surface area (Å²) in [4.78, 5) is 21.7. The average Bonchev–Trinajstić information content (AvgIpc) is 2.94. The zero-order valence-electron chi connectivity index (χ0n) is 24.1. The lowest BCUT2D eigenvalue weighted by Gasteiger charge is -2.09. The predicted octanol–water partition coefficient (Wildman–Crippen LogP) is 0.153. The highest BCUT2D eigenvalue weighted by Gasteiger charge is 2.04. The van der Waals surface area contributed by atoms with E-state index in [2.05, 4.69) is 5.32 Å². The van der Waals surface area contributed by atoms with Crippen LogP contribution in [0, 0.1) is 0 Å². The van der Waals surface area contributed by atoms with Gasteiger partial charge >= 0.3 is 5.97 Å². The Balaban J connectivity index is 3.07. The van der Waals surface area contributed by atoms with Crippen molar-refractivity contribution < 1.29 is 62.1 Å². The van der Waals surface area contributed by atoms with Crippen LogP contribution in [0.3, 0.4) is 0 Å². The highest BCUT2D eigenvalue weighted by atomic mass is 16.6. The zero-order chi connectivity index (χ0) is 29.2. The largest absolute Gasteiger partial charge is 0.481 e. The Hall–Kier alpha value is -1.46. The molecule has 0 atom stereocenters. The van der Waals surface area contributed by atoms with Gasteiger partial charge < -0.3 is 57.8 Å². The molecule has 0 fully saturated rings. The quantitative estimate of drug-likeness (QED) is 0.0984. The summed E-state index contributed by atoms with van der Waals surface area (Å²) in [6.45, 7) is 10.1. The highest BCUT2D eigenvalue weighted by molar-refractivity contribution is 5.80. The molecule has 1 amide bonds. The van der Waals surface area contributed by atoms with E-state index >= 15 is 0 Å². The van der Waals surface area contributed by atoms with E-state index in [1.807, 2.05) is 0 Å². The van der Waals surface area contributed by atoms with Crippen molar-refractivity contribution >= 4 is 11.9 Å². The van der Waals surface area contributed by atoms with Crippen LogP contribution in [0.25, 0.3) is 0 Å². The van der Waals surface area contributed by atoms with Crippen LogP contribution in [0.4, 0.5) is 0 Å². The van der Waals surface area contributed by atoms with Gasteiger partial charge in [-0.1, -0.05) is 0 Å². The molecular weight excluding hydrogens is 534 g/mol. The maximum atomic E-state index is 11.3. The number of methoxy groups -OCH3 is 1. The zero-order valence-corrected chi connectivity index (χ0v) is 24.1. The standard InChI is InChI=1S/C26H51NO13/c1-31-7-8-33-11-12-35-15-16-37-19-20-39-23-24-40-22-21-38-18-17-36-14-13-34-10-9-32-6-2-5-27-25(28)3-4-26(29)30/h2-24H2,1H3,(H,27,28)(H,29,30). The summed E-state index contributed by atoms with van der Waals surface area (Å²) in [5.41, 5.74) is 0. The van der Waals surface area contributed by atoms with Gasteiger partial charge in [-0.15, -0.1) is 0 Å². The van der Waals surface area contributed by atoms with Gasteiger partial charge in [-0.25, -0.2) is 0 Å². The number of hydrogen-bond acceptors (Lipinski definition) is 12. The van der Waals surface area contributed by atoms with E-state index in [9.17, 15) is 9.59 Å². The van der Waals surface area contributed by atoms with Crippen LogP contribution in [0.1, 0.15) is 19.3 Å². The first kappa shape index (κ1) is 38.5. The van der Waals surface area contributed by atoms with Crippen LogP contribution in [-0.4, -0.2) is 156 Å². The van der Waals surface area contributed by atoms with Gasteiger partial charge in [-0.2, -0.15) is 0 Å². The normalized spacial score (nSPS) is 11.2. The molecule has 0 aromatic carbocycles. The number of carboxylic acids is 1. The first-order valence-corrected chi connectivity index (χ1v) is 13.8. The molecule has 0 saturated carbocycles. The molecule has 14 heteroatoms. The number of ether oxygens (including phenoxy) is 10. The monoisotopic (exact) mass is 585 g/mol. The summed E-state index contributed by atoms with van der Waals surface area (Å²) in [7, 11) is 1.64. The van der Waals surface area contributed by atoms with Gasteiger partial charge in [0.05, 0.1) is 125 Å². The highest BCUT2D eigenvalue weighted by Crippen LogP contribution is 1.90. The number of aliphatic carboxylic acids is 1. The Morgan fingerprint density at radius 3 is 1.07 bits per heavy atom. The molecule has 0 aliphatic heterocycles. The fourth-order valence-electron chi connectivity index (χ4n) is 2.71. The van der Waals surface area contributed by atoms with Crippen molar-refractivity contribution in [3.05, 3.63) is 0 Å². The summed E-state index contributed by atoms with van der Waals surface area (Å²) in [5.74, 6) is -1.25. The lowest BCUT2D eigenvalue weighted by atomic mass is 10.3. The minimum atomic E-state index is -0.981. The van der Waals surface area contributed by atoms with Gasteiger partial charge in [-0.05, 0) is 6.42 Å². The van der Waals surface area contributed by atoms with E-state index in [0.29, 0.717) is 138 Å². The van der Waals surface area contributed by atoms with E-state index in [0.717, 1.165) is 0 Å². The smallest absolute Gasteiger partial charge is 0.303 e. The summed E-state index contributed by atoms with van der Waals surface area (Å²) in [6.07, 6.45) is 0.486. The molecule has 0 aromatic heterocycles. The number of carbonyl (C=O) groups is 2. The molecular formula is C26H51NO13. The summed E-state index contributed by atoms with van der Waals surface area (Å²) >= 11 is 0. The fourth-order valence-corrected chi connectivity index (χ4v) is 2.71. The fraction of sp³-hybridized carbons (Fsp3) is 0.923. The third-order valence-corrected chi connectivity index (χ3v) is 4.76. The van der Waals surface area contributed by atoms with Crippen molar-refractivity contribution in [2.24, 2.45) is 0 Å². The Kier molecular flexibility index (Phi) is 32.5. The van der Waals surface area contributed by atoms with Crippen LogP contribution in [0.5, 0.6) is 0 Å². The van der Waals surface area contributed by atoms with Crippen LogP contribution < -0.4 is 5.32 Å². The van der Waals surface area contributed by atoms with E-state index in [4.69, 9.17) is 52.5 Å². The molecule has 2 N–H and O–H groups in total. The molecule has 0 bridgehead atoms. The summed E-state index contributed by atoms with van der Waals surface area (Å²) < 4.78 is 53.5. The van der Waals surface area contributed by atoms with Gasteiger partial charge in [0.15, 0.2) is 0 Å². The van der Waals surface area contributed by atoms with Crippen LogP contribution in [-0.2, 0) is 57.0 Å². The average molecular weight is 586 g/mol. The van der Waals surface area contributed by atoms with Crippen LogP contribution in [0.15, 0.2) is 0 Å². The lowest BCUT2D eigenvalue weighted by molar-refractivity contribution is -0.138. The third kappa shape index (κ3) is 34.6. The Bertz CT molecular complexity index is 543. The minimum absolute atomic E-state index is 0.00751. The molecule has 238 valence electrons. The van der Waals surface area contributed by atoms with Crippen LogP contribution in [0.2, 0.25) is 0 Å². The number of rotatable bonds is 34. The SMILES string of the molecule is COCCOCCOCCOCCOCCOCCOCCOCCOCCOCCCNC(=O)CCC(=O)O. The summed E-state index contributed by atoms with van der Waals surface area (Å²) in [6, 6.07) is 0. The number of amides is 1. The second-order valence-electron chi connectivity index (χ2n) is 8.10. The number of hydrogen-bond donors (Lipinski definition) is 2. The maximum Gasteiger partial charge on any atom is 0.303 e. The number of carboxylic acid groups (broad SMARTS) is 1. The van der Waals surface area contributed by atoms with Gasteiger partial charge in [0, 0.05) is 26.7 Å². The van der Waals surface area contributed by atoms with E-state index < -0.39 is 5.97 Å². The molecule has 0 aliphatic rings. The number of carbonyl (C=O) groups excluding carboxylic acids is 1. The van der Waals surface area contributed by atoms with E-state index in [1.54, 1.807) is 7.11 Å². The Labute approximate surface area is 238 Å². The van der Waals surface area contributed by atoms with Crippen molar-refractivity contribution in [1.82, 2.24) is 5.32 Å². The molecule has 40 heavy (non-hydrogen) atoms. The van der Waals surface area contributed by atoms with Crippen LogP contribution >= 0.6 is 0 Å². The second kappa shape index (κ2) is 33.7. The van der Waals surface area contributed by atoms with Crippen molar-refractivity contribution in [1.29, 1.82) is 0 Å². The van der Waals surface area contributed by atoms with Crippen molar-refractivity contribution in [2.45, 2.75) is 19.3 Å². The molecule has 14 nitrogen and oxygen atoms in total. The minimum Gasteiger partial charge on any atom is -0.481 e. The van der Waals surface area contributed by atoms with Gasteiger partial charge in [0.2, 0.25) is 5.91 Å². The molecule has 0 saturated heterocycles. The maximum absolute atomic E-state index is 11.3. The second-order valence-corrected chi connectivity index (χ2v) is 8.10. The molecule has 0 rings (SSSR count). The Morgan fingerprint density at radius 2 is 0.775 bits per heavy atom. The first-order chi connectivity index (χ1) is 19.7. The Morgan fingerprint density at radius 1 is 0.475 bits per heavy atom. The molecule has 0 heterocycles. The summed E-state index contributed by atoms with van der Waals surface area (Å²) in [5, 5.41) is 11.2. The first-order valence-electron chi connectivity index (χ1n) is 13.8. The third-order valence-electron chi connectivity index (χ3n) is 4.76. The topological polar surface area (TPSA) is 159 Å². The van der Waals surface area contributed by atoms with Crippen molar-refractivity contribution in [3.8, 4) is 0 Å². The molecule has 0 unspecified atom stereocenters. The van der Waals surface area contributed by atoms with E-state index in [-0.39, 0.29) is 18.7 Å². The predicted molar refractivity (Wildman–Crippen MR) is 144 cm³/mol. The molecule has 0 aromatic rings. The van der Waals surface area contributed by atoms with Crippen molar-refractivity contribution in [2.75, 3.05) is 139 Å².